The topological polar surface area (TPSA) is 180 Å². The maximum atomic E-state index is 13.8. The molecule has 0 heterocycles. The number of primary amides is 1. The quantitative estimate of drug-likeness (QED) is 0.322. The highest BCUT2D eigenvalue weighted by Gasteiger charge is 2.63. The minimum atomic E-state index is -2.48. The number of aliphatic hydroxyl groups is 3. The normalized spacial score (nSPS) is 28.4. The number of amides is 1. The van der Waals surface area contributed by atoms with E-state index in [1.54, 1.807) is 25.1 Å². The number of benzene rings is 1. The predicted octanol–water partition coefficient (Wildman–Crippen LogP) is 0.913. The van der Waals surface area contributed by atoms with Crippen molar-refractivity contribution in [1.29, 1.82) is 5.41 Å². The van der Waals surface area contributed by atoms with Gasteiger partial charge in [0.05, 0.1) is 17.3 Å². The number of hydrogen-bond donors (Lipinski definition) is 7. The molecule has 10 nitrogen and oxygen atoms in total. The van der Waals surface area contributed by atoms with Crippen molar-refractivity contribution < 1.29 is 30.0 Å². The van der Waals surface area contributed by atoms with Crippen LogP contribution in [0.15, 0.2) is 29.0 Å². The van der Waals surface area contributed by atoms with Crippen molar-refractivity contribution in [1.82, 2.24) is 10.2 Å². The van der Waals surface area contributed by atoms with Crippen LogP contribution in [0.3, 0.4) is 0 Å². The summed E-state index contributed by atoms with van der Waals surface area (Å²) in [4.78, 5) is 27.5. The van der Waals surface area contributed by atoms with E-state index in [9.17, 15) is 30.0 Å². The average molecular weight is 485 g/mol. The van der Waals surface area contributed by atoms with Crippen molar-refractivity contribution in [3.8, 4) is 5.75 Å². The molecule has 3 aliphatic rings. The predicted molar refractivity (Wildman–Crippen MR) is 129 cm³/mol. The summed E-state index contributed by atoms with van der Waals surface area (Å²) in [5.41, 5.74) is 3.16. The van der Waals surface area contributed by atoms with Gasteiger partial charge in [0.15, 0.2) is 5.60 Å². The van der Waals surface area contributed by atoms with Crippen molar-refractivity contribution in [3.63, 3.8) is 0 Å². The Morgan fingerprint density at radius 2 is 1.94 bits per heavy atom. The van der Waals surface area contributed by atoms with Crippen molar-refractivity contribution in [2.45, 2.75) is 50.9 Å². The van der Waals surface area contributed by atoms with Gasteiger partial charge < -0.3 is 36.9 Å². The molecule has 0 saturated heterocycles. The molecule has 1 aromatic rings. The van der Waals surface area contributed by atoms with E-state index >= 15 is 0 Å². The van der Waals surface area contributed by atoms with Gasteiger partial charge in [0.1, 0.15) is 22.8 Å². The van der Waals surface area contributed by atoms with E-state index < -0.39 is 58.0 Å². The number of fused-ring (bicyclic) bond motifs is 3. The fourth-order valence-corrected chi connectivity index (χ4v) is 5.84. The van der Waals surface area contributed by atoms with Gasteiger partial charge in [-0.15, -0.1) is 0 Å². The van der Waals surface area contributed by atoms with Crippen molar-refractivity contribution >= 4 is 23.2 Å². The largest absolute Gasteiger partial charge is 0.510 e. The molecule has 0 unspecified atom stereocenters. The van der Waals surface area contributed by atoms with Gasteiger partial charge in [0, 0.05) is 24.1 Å². The van der Waals surface area contributed by atoms with Crippen LogP contribution in [0.1, 0.15) is 37.0 Å². The van der Waals surface area contributed by atoms with Crippen LogP contribution in [0.5, 0.6) is 5.75 Å². The molecule has 1 saturated carbocycles. The monoisotopic (exact) mass is 484 g/mol. The van der Waals surface area contributed by atoms with E-state index in [0.717, 1.165) is 5.56 Å². The Kier molecular flexibility index (Phi) is 6.03. The van der Waals surface area contributed by atoms with Gasteiger partial charge in [0.2, 0.25) is 5.78 Å². The summed E-state index contributed by atoms with van der Waals surface area (Å²) in [7, 11) is 3.26. The lowest BCUT2D eigenvalue weighted by atomic mass is 9.56. The molecule has 188 valence electrons. The zero-order valence-electron chi connectivity index (χ0n) is 20.2. The Bertz CT molecular complexity index is 1200. The number of likely N-dealkylation sites (N-methyl/N-ethyl adjacent to an activating group) is 1. The summed E-state index contributed by atoms with van der Waals surface area (Å²) >= 11 is 0. The molecule has 0 bridgehead atoms. The minimum absolute atomic E-state index is 0.0898. The molecule has 1 fully saturated rings. The highest BCUT2D eigenvalue weighted by atomic mass is 16.3. The minimum Gasteiger partial charge on any atom is -0.510 e. The maximum Gasteiger partial charge on any atom is 0.254 e. The van der Waals surface area contributed by atoms with Crippen LogP contribution < -0.4 is 11.1 Å². The van der Waals surface area contributed by atoms with Gasteiger partial charge in [-0.05, 0) is 50.0 Å². The van der Waals surface area contributed by atoms with E-state index in [1.807, 2.05) is 13.8 Å². The molecule has 0 aromatic heterocycles. The first-order chi connectivity index (χ1) is 16.3. The molecule has 3 aliphatic carbocycles. The summed E-state index contributed by atoms with van der Waals surface area (Å²) in [5.74, 6) is -4.63. The zero-order chi connectivity index (χ0) is 26.0. The number of carbonyl (C=O) groups is 2. The van der Waals surface area contributed by atoms with Crippen molar-refractivity contribution in [2.24, 2.45) is 17.6 Å². The standard InChI is InChI=1S/C25H32N4O6/c1-10(2)28-9-11-5-6-15(30)17-13(11)7-12-8-14-19(29(3)4)21(32)18(24(27)34)22(26)25(14,35)23(33)16(12)20(17)31/h5-6,10,12,14,19,26,28,30-32,35H,7-9H2,1-4H3,(H2,27,34)/t12-,14-,19-,25+/m0/s1. The molecule has 1 amide bonds. The van der Waals surface area contributed by atoms with Gasteiger partial charge in [-0.25, -0.2) is 0 Å². The van der Waals surface area contributed by atoms with E-state index in [1.165, 1.54) is 6.07 Å². The highest BCUT2D eigenvalue weighted by Crippen LogP contribution is 2.52. The van der Waals surface area contributed by atoms with E-state index in [0.29, 0.717) is 18.5 Å². The number of hydrogen-bond acceptors (Lipinski definition) is 9. The van der Waals surface area contributed by atoms with Crippen LogP contribution in [-0.4, -0.2) is 74.5 Å². The molecule has 0 radical (unpaired) electrons. The zero-order valence-corrected chi connectivity index (χ0v) is 20.2. The van der Waals surface area contributed by atoms with Crippen molar-refractivity contribution in [3.05, 3.63) is 45.7 Å². The van der Waals surface area contributed by atoms with E-state index in [-0.39, 0.29) is 29.3 Å². The first-order valence-electron chi connectivity index (χ1n) is 11.6. The van der Waals surface area contributed by atoms with Gasteiger partial charge >= 0.3 is 0 Å². The average Bonchev–Trinajstić information content (AvgIpc) is 2.75. The molecular weight excluding hydrogens is 452 g/mol. The number of nitrogens with two attached hydrogens (primary N) is 1. The lowest BCUT2D eigenvalue weighted by Crippen LogP contribution is -2.67. The van der Waals surface area contributed by atoms with E-state index in [2.05, 4.69) is 5.32 Å². The number of phenolic OH excluding ortho intramolecular Hbond substituents is 1. The van der Waals surface area contributed by atoms with Crippen LogP contribution in [0, 0.1) is 17.2 Å². The van der Waals surface area contributed by atoms with Crippen LogP contribution >= 0.6 is 0 Å². The number of nitrogens with zero attached hydrogens (tertiary/aromatic N) is 1. The Balaban J connectivity index is 1.90. The third-order valence-corrected chi connectivity index (χ3v) is 7.46. The number of aromatic hydroxyl groups is 1. The SMILES string of the molecule is CC(C)NCc1ccc(O)c2c1C[C@H]1C[C@H]3[C@H](N(C)C)C(O)=C(C(N)=O)C(=N)[C@@]3(O)C(=O)C1=C2O. The number of carbonyl (C=O) groups excluding carboxylic acids is 2. The molecule has 0 aliphatic heterocycles. The van der Waals surface area contributed by atoms with Gasteiger partial charge in [0.25, 0.3) is 5.91 Å². The smallest absolute Gasteiger partial charge is 0.254 e. The Labute approximate surface area is 203 Å². The Hall–Kier alpha value is -3.21. The number of rotatable bonds is 5. The maximum absolute atomic E-state index is 13.8. The first-order valence-corrected chi connectivity index (χ1v) is 11.6. The third kappa shape index (κ3) is 3.55. The number of ketones is 1. The van der Waals surface area contributed by atoms with Crippen LogP contribution in [0.25, 0.3) is 5.76 Å². The summed E-state index contributed by atoms with van der Waals surface area (Å²) < 4.78 is 0. The summed E-state index contributed by atoms with van der Waals surface area (Å²) in [6.07, 6.45) is 0.465. The highest BCUT2D eigenvalue weighted by molar-refractivity contribution is 6.33. The molecular formula is C25H32N4O6. The second kappa shape index (κ2) is 8.47. The molecule has 8 N–H and O–H groups in total. The van der Waals surface area contributed by atoms with Gasteiger partial charge in [-0.2, -0.15) is 0 Å². The van der Waals surface area contributed by atoms with Gasteiger partial charge in [-0.3, -0.25) is 14.5 Å². The second-order valence-electron chi connectivity index (χ2n) is 10.1. The molecule has 4 rings (SSSR count). The second-order valence-corrected chi connectivity index (χ2v) is 10.1. The Morgan fingerprint density at radius 1 is 1.29 bits per heavy atom. The fraction of sp³-hybridized carbons (Fsp3) is 0.480. The number of phenols is 1. The van der Waals surface area contributed by atoms with Crippen LogP contribution in [0.4, 0.5) is 0 Å². The van der Waals surface area contributed by atoms with Gasteiger partial charge in [-0.1, -0.05) is 19.9 Å². The molecule has 35 heavy (non-hydrogen) atoms. The van der Waals surface area contributed by atoms with Crippen molar-refractivity contribution in [2.75, 3.05) is 14.1 Å². The molecule has 10 heteroatoms. The molecule has 0 spiro atoms. The third-order valence-electron chi connectivity index (χ3n) is 7.46. The lowest BCUT2D eigenvalue weighted by molar-refractivity contribution is -0.138. The van der Waals surface area contributed by atoms with E-state index in [4.69, 9.17) is 11.1 Å². The fourth-order valence-electron chi connectivity index (χ4n) is 5.84. The summed E-state index contributed by atoms with van der Waals surface area (Å²) in [6.45, 7) is 4.50. The lowest BCUT2D eigenvalue weighted by Gasteiger charge is -2.51. The first kappa shape index (κ1) is 24.9. The summed E-state index contributed by atoms with van der Waals surface area (Å²) in [5, 5.41) is 56.2. The number of aliphatic hydroxyl groups excluding tert-OH is 2. The van der Waals surface area contributed by atoms with Crippen LogP contribution in [0.2, 0.25) is 0 Å². The number of nitrogens with one attached hydrogen (secondary N) is 2. The van der Waals surface area contributed by atoms with Crippen LogP contribution in [-0.2, 0) is 22.6 Å². The molecule has 4 atom stereocenters. The molecule has 1 aromatic carbocycles. The number of Topliss-reactive ketones (excluding diaryl/α,β-unsaturated/α-hetero) is 1. The summed E-state index contributed by atoms with van der Waals surface area (Å²) in [6, 6.07) is 2.48. The Morgan fingerprint density at radius 3 is 2.51 bits per heavy atom.